The number of nitrogens with two attached hydrogens (primary N) is 1. The summed E-state index contributed by atoms with van der Waals surface area (Å²) in [6, 6.07) is 5.57. The third-order valence-electron chi connectivity index (χ3n) is 4.11. The van der Waals surface area contributed by atoms with Crippen LogP contribution >= 0.6 is 15.9 Å². The number of nitro groups is 1. The van der Waals surface area contributed by atoms with Gasteiger partial charge in [0, 0.05) is 23.1 Å². The third kappa shape index (κ3) is 2.96. The molecule has 6 heteroatoms. The van der Waals surface area contributed by atoms with E-state index < -0.39 is 0 Å². The van der Waals surface area contributed by atoms with E-state index in [0.29, 0.717) is 24.2 Å². The highest BCUT2D eigenvalue weighted by atomic mass is 79.9. The number of anilines is 1. The first-order valence-corrected chi connectivity index (χ1v) is 7.78. The summed E-state index contributed by atoms with van der Waals surface area (Å²) in [6.45, 7) is 3.44. The molecule has 1 fully saturated rings. The first-order valence-electron chi connectivity index (χ1n) is 6.99. The molecule has 2 unspecified atom stereocenters. The number of halogens is 1. The van der Waals surface area contributed by atoms with Crippen LogP contribution < -0.4 is 10.6 Å². The van der Waals surface area contributed by atoms with Gasteiger partial charge in [0.25, 0.3) is 5.69 Å². The zero-order valence-corrected chi connectivity index (χ0v) is 13.2. The molecule has 0 amide bonds. The Labute approximate surface area is 127 Å². The van der Waals surface area contributed by atoms with Crippen LogP contribution in [0.1, 0.15) is 26.2 Å². The maximum Gasteiger partial charge on any atom is 0.293 e. The van der Waals surface area contributed by atoms with Crippen molar-refractivity contribution in [3.05, 3.63) is 32.8 Å². The van der Waals surface area contributed by atoms with Crippen molar-refractivity contribution in [2.75, 3.05) is 18.0 Å². The molecule has 1 aliphatic rings. The number of nitrogens with zero attached hydrogens (tertiary/aromatic N) is 2. The second-order valence-electron chi connectivity index (χ2n) is 5.17. The van der Waals surface area contributed by atoms with Crippen molar-refractivity contribution in [2.24, 2.45) is 11.7 Å². The number of hydrogen-bond acceptors (Lipinski definition) is 4. The molecule has 2 N–H and O–H groups in total. The zero-order chi connectivity index (χ0) is 14.7. The number of rotatable bonds is 5. The SMILES string of the molecule is CCN(c1ccc(Br)cc1[N+](=O)[O-])C1CCCC1CN. The van der Waals surface area contributed by atoms with Gasteiger partial charge in [0.15, 0.2) is 0 Å². The van der Waals surface area contributed by atoms with E-state index in [2.05, 4.69) is 20.8 Å². The van der Waals surface area contributed by atoms with Crippen LogP contribution in [-0.2, 0) is 0 Å². The maximum atomic E-state index is 11.3. The molecular weight excluding hydrogens is 322 g/mol. The van der Waals surface area contributed by atoms with Gasteiger partial charge in [0.1, 0.15) is 5.69 Å². The van der Waals surface area contributed by atoms with Crippen LogP contribution in [0.3, 0.4) is 0 Å². The third-order valence-corrected chi connectivity index (χ3v) is 4.60. The molecular formula is C14H20BrN3O2. The predicted octanol–water partition coefficient (Wildman–Crippen LogP) is 3.31. The van der Waals surface area contributed by atoms with Crippen molar-refractivity contribution < 1.29 is 4.92 Å². The summed E-state index contributed by atoms with van der Waals surface area (Å²) in [7, 11) is 0. The van der Waals surface area contributed by atoms with E-state index in [9.17, 15) is 10.1 Å². The first-order chi connectivity index (χ1) is 9.58. The fourth-order valence-corrected chi connectivity index (χ4v) is 3.52. The highest BCUT2D eigenvalue weighted by molar-refractivity contribution is 9.10. The number of hydrogen-bond donors (Lipinski definition) is 1. The Morgan fingerprint density at radius 1 is 1.50 bits per heavy atom. The molecule has 1 aliphatic carbocycles. The Hall–Kier alpha value is -1.14. The van der Waals surface area contributed by atoms with Crippen LogP contribution in [-0.4, -0.2) is 24.1 Å². The minimum Gasteiger partial charge on any atom is -0.363 e. The van der Waals surface area contributed by atoms with Gasteiger partial charge in [-0.25, -0.2) is 0 Å². The molecule has 0 spiro atoms. The quantitative estimate of drug-likeness (QED) is 0.658. The highest BCUT2D eigenvalue weighted by Gasteiger charge is 2.33. The lowest BCUT2D eigenvalue weighted by Crippen LogP contribution is -2.40. The van der Waals surface area contributed by atoms with E-state index in [1.54, 1.807) is 6.07 Å². The van der Waals surface area contributed by atoms with E-state index in [0.717, 1.165) is 30.3 Å². The summed E-state index contributed by atoms with van der Waals surface area (Å²) in [6.07, 6.45) is 3.32. The minimum absolute atomic E-state index is 0.156. The van der Waals surface area contributed by atoms with Gasteiger partial charge in [-0.05, 0) is 44.4 Å². The van der Waals surface area contributed by atoms with Gasteiger partial charge < -0.3 is 10.6 Å². The van der Waals surface area contributed by atoms with Crippen LogP contribution in [0, 0.1) is 16.0 Å². The van der Waals surface area contributed by atoms with Crippen LogP contribution in [0.15, 0.2) is 22.7 Å². The van der Waals surface area contributed by atoms with Crippen molar-refractivity contribution in [3.8, 4) is 0 Å². The van der Waals surface area contributed by atoms with E-state index >= 15 is 0 Å². The van der Waals surface area contributed by atoms with Gasteiger partial charge in [-0.15, -0.1) is 0 Å². The number of nitro benzene ring substituents is 1. The molecule has 0 heterocycles. The normalized spacial score (nSPS) is 21.9. The Bertz CT molecular complexity index is 495. The smallest absolute Gasteiger partial charge is 0.293 e. The summed E-state index contributed by atoms with van der Waals surface area (Å²) < 4.78 is 0.728. The molecule has 2 atom stereocenters. The standard InChI is InChI=1S/C14H20BrN3O2/c1-2-17(12-5-3-4-10(12)9-16)13-7-6-11(15)8-14(13)18(19)20/h6-8,10,12H,2-5,9,16H2,1H3. The maximum absolute atomic E-state index is 11.3. The Morgan fingerprint density at radius 3 is 2.85 bits per heavy atom. The molecule has 110 valence electrons. The first kappa shape index (κ1) is 15.3. The molecule has 0 bridgehead atoms. The molecule has 0 aliphatic heterocycles. The average Bonchev–Trinajstić information content (AvgIpc) is 2.89. The minimum atomic E-state index is -0.310. The van der Waals surface area contributed by atoms with E-state index in [1.807, 2.05) is 19.1 Å². The largest absolute Gasteiger partial charge is 0.363 e. The predicted molar refractivity (Wildman–Crippen MR) is 84.0 cm³/mol. The van der Waals surface area contributed by atoms with Gasteiger partial charge in [-0.1, -0.05) is 22.4 Å². The summed E-state index contributed by atoms with van der Waals surface area (Å²) in [5, 5.41) is 11.3. The monoisotopic (exact) mass is 341 g/mol. The Balaban J connectivity index is 2.39. The van der Waals surface area contributed by atoms with Gasteiger partial charge in [0.2, 0.25) is 0 Å². The Kier molecular flexibility index (Phi) is 4.99. The Morgan fingerprint density at radius 2 is 2.25 bits per heavy atom. The summed E-state index contributed by atoms with van der Waals surface area (Å²) >= 11 is 3.30. The zero-order valence-electron chi connectivity index (χ0n) is 11.6. The molecule has 1 aromatic rings. The van der Waals surface area contributed by atoms with Crippen molar-refractivity contribution in [3.63, 3.8) is 0 Å². The number of benzene rings is 1. The van der Waals surface area contributed by atoms with Gasteiger partial charge >= 0.3 is 0 Å². The van der Waals surface area contributed by atoms with Crippen LogP contribution in [0.4, 0.5) is 11.4 Å². The molecule has 5 nitrogen and oxygen atoms in total. The molecule has 2 rings (SSSR count). The van der Waals surface area contributed by atoms with Gasteiger partial charge in [-0.2, -0.15) is 0 Å². The second kappa shape index (κ2) is 6.54. The van der Waals surface area contributed by atoms with Gasteiger partial charge in [-0.3, -0.25) is 10.1 Å². The topological polar surface area (TPSA) is 72.4 Å². The lowest BCUT2D eigenvalue weighted by atomic mass is 10.0. The lowest BCUT2D eigenvalue weighted by molar-refractivity contribution is -0.384. The van der Waals surface area contributed by atoms with Gasteiger partial charge in [0.05, 0.1) is 4.92 Å². The van der Waals surface area contributed by atoms with Crippen LogP contribution in [0.25, 0.3) is 0 Å². The second-order valence-corrected chi connectivity index (χ2v) is 6.09. The van der Waals surface area contributed by atoms with E-state index in [-0.39, 0.29) is 10.6 Å². The molecule has 0 saturated heterocycles. The molecule has 1 aromatic carbocycles. The summed E-state index contributed by atoms with van der Waals surface area (Å²) in [5.41, 5.74) is 6.71. The fraction of sp³-hybridized carbons (Fsp3) is 0.571. The molecule has 1 saturated carbocycles. The highest BCUT2D eigenvalue weighted by Crippen LogP contribution is 2.37. The summed E-state index contributed by atoms with van der Waals surface area (Å²) in [5.74, 6) is 0.429. The van der Waals surface area contributed by atoms with E-state index in [1.165, 1.54) is 0 Å². The van der Waals surface area contributed by atoms with Crippen molar-refractivity contribution in [1.82, 2.24) is 0 Å². The molecule has 0 aromatic heterocycles. The average molecular weight is 342 g/mol. The lowest BCUT2D eigenvalue weighted by Gasteiger charge is -2.33. The summed E-state index contributed by atoms with van der Waals surface area (Å²) in [4.78, 5) is 13.1. The molecule has 0 radical (unpaired) electrons. The van der Waals surface area contributed by atoms with E-state index in [4.69, 9.17) is 5.73 Å². The van der Waals surface area contributed by atoms with Crippen molar-refractivity contribution in [1.29, 1.82) is 0 Å². The molecule has 20 heavy (non-hydrogen) atoms. The van der Waals surface area contributed by atoms with Crippen molar-refractivity contribution >= 4 is 27.3 Å². The fourth-order valence-electron chi connectivity index (χ4n) is 3.17. The van der Waals surface area contributed by atoms with Crippen molar-refractivity contribution in [2.45, 2.75) is 32.2 Å². The van der Waals surface area contributed by atoms with Crippen LogP contribution in [0.2, 0.25) is 0 Å². The van der Waals surface area contributed by atoms with Crippen LogP contribution in [0.5, 0.6) is 0 Å².